The molecule has 0 bridgehead atoms. The number of carbonyl (C=O) groups is 1. The molecule has 0 N–H and O–H groups in total. The quantitative estimate of drug-likeness (QED) is 0.641. The van der Waals surface area contributed by atoms with Gasteiger partial charge in [-0.2, -0.15) is 4.31 Å². The van der Waals surface area contributed by atoms with Gasteiger partial charge in [0.15, 0.2) is 0 Å². The minimum Gasteiger partial charge on any atom is -0.381 e. The number of amides is 1. The van der Waals surface area contributed by atoms with Crippen LogP contribution in [0.25, 0.3) is 0 Å². The lowest BCUT2D eigenvalue weighted by atomic mass is 9.98. The van der Waals surface area contributed by atoms with Crippen molar-refractivity contribution in [3.63, 3.8) is 0 Å². The molecule has 0 radical (unpaired) electrons. The summed E-state index contributed by atoms with van der Waals surface area (Å²) in [7, 11) is -3.50. The largest absolute Gasteiger partial charge is 0.381 e. The van der Waals surface area contributed by atoms with Crippen LogP contribution in [0, 0.1) is 11.8 Å². The molecular formula is C24H36N2O4S. The molecule has 1 aromatic carbocycles. The molecule has 0 unspecified atom stereocenters. The molecule has 7 heteroatoms. The van der Waals surface area contributed by atoms with Gasteiger partial charge in [-0.05, 0) is 68.6 Å². The van der Waals surface area contributed by atoms with Crippen molar-refractivity contribution >= 4 is 15.9 Å². The summed E-state index contributed by atoms with van der Waals surface area (Å²) in [6.45, 7) is 6.67. The molecule has 0 aromatic heterocycles. The van der Waals surface area contributed by atoms with Crippen molar-refractivity contribution in [3.05, 3.63) is 29.8 Å². The van der Waals surface area contributed by atoms with E-state index in [9.17, 15) is 13.2 Å². The maximum absolute atomic E-state index is 13.2. The summed E-state index contributed by atoms with van der Waals surface area (Å²) in [5, 5.41) is 0. The Morgan fingerprint density at radius 1 is 1.00 bits per heavy atom. The van der Waals surface area contributed by atoms with Crippen LogP contribution in [0.2, 0.25) is 0 Å². The van der Waals surface area contributed by atoms with Gasteiger partial charge in [-0.1, -0.05) is 26.0 Å². The number of hydrogen-bond donors (Lipinski definition) is 0. The van der Waals surface area contributed by atoms with E-state index in [1.165, 1.54) is 5.56 Å². The van der Waals surface area contributed by atoms with Crippen LogP contribution in [0.1, 0.15) is 57.9 Å². The Labute approximate surface area is 187 Å². The van der Waals surface area contributed by atoms with Crippen LogP contribution < -0.4 is 0 Å². The highest BCUT2D eigenvalue weighted by atomic mass is 32.2. The minimum absolute atomic E-state index is 0.135. The van der Waals surface area contributed by atoms with E-state index in [0.29, 0.717) is 50.0 Å². The van der Waals surface area contributed by atoms with Crippen LogP contribution in [0.3, 0.4) is 0 Å². The molecule has 1 amide bonds. The lowest BCUT2D eigenvalue weighted by Crippen LogP contribution is -2.54. The highest BCUT2D eigenvalue weighted by Crippen LogP contribution is 2.35. The van der Waals surface area contributed by atoms with Crippen molar-refractivity contribution in [2.24, 2.45) is 11.8 Å². The van der Waals surface area contributed by atoms with Gasteiger partial charge in [0.1, 0.15) is 0 Å². The molecule has 2 heterocycles. The van der Waals surface area contributed by atoms with Gasteiger partial charge in [0.05, 0.1) is 4.90 Å². The van der Waals surface area contributed by atoms with Gasteiger partial charge in [-0.25, -0.2) is 8.42 Å². The summed E-state index contributed by atoms with van der Waals surface area (Å²) >= 11 is 0. The van der Waals surface area contributed by atoms with Crippen molar-refractivity contribution in [1.82, 2.24) is 9.21 Å². The molecule has 3 aliphatic rings. The number of carbonyl (C=O) groups excluding carboxylic acids is 1. The summed E-state index contributed by atoms with van der Waals surface area (Å²) in [6.07, 6.45) is 6.14. The van der Waals surface area contributed by atoms with Gasteiger partial charge < -0.3 is 9.64 Å². The Hall–Kier alpha value is -1.44. The van der Waals surface area contributed by atoms with Crippen molar-refractivity contribution in [3.8, 4) is 0 Å². The second-order valence-electron chi connectivity index (χ2n) is 9.74. The smallest absolute Gasteiger partial charge is 0.243 e. The third kappa shape index (κ3) is 5.32. The van der Waals surface area contributed by atoms with E-state index in [1.807, 2.05) is 12.1 Å². The predicted molar refractivity (Wildman–Crippen MR) is 120 cm³/mol. The van der Waals surface area contributed by atoms with Crippen LogP contribution in [0.15, 0.2) is 29.2 Å². The number of ether oxygens (including phenoxy) is 1. The van der Waals surface area contributed by atoms with E-state index >= 15 is 0 Å². The molecular weight excluding hydrogens is 412 g/mol. The summed E-state index contributed by atoms with van der Waals surface area (Å²) in [4.78, 5) is 15.6. The summed E-state index contributed by atoms with van der Waals surface area (Å²) in [6, 6.07) is 7.72. The number of sulfonamides is 1. The lowest BCUT2D eigenvalue weighted by molar-refractivity contribution is -0.141. The van der Waals surface area contributed by atoms with E-state index in [1.54, 1.807) is 16.4 Å². The minimum atomic E-state index is -3.50. The van der Waals surface area contributed by atoms with Gasteiger partial charge in [-0.15, -0.1) is 0 Å². The SMILES string of the molecule is CC(C)Cc1ccc(S(=O)(=O)N2CCC(N(C(=O)C3CC3)C3CCOCC3)CC2)cc1. The normalized spacial score (nSPS) is 22.0. The summed E-state index contributed by atoms with van der Waals surface area (Å²) < 4.78 is 33.5. The summed E-state index contributed by atoms with van der Waals surface area (Å²) in [5.41, 5.74) is 1.17. The topological polar surface area (TPSA) is 66.9 Å². The first kappa shape index (κ1) is 22.7. The van der Waals surface area contributed by atoms with Crippen LogP contribution >= 0.6 is 0 Å². The number of hydrogen-bond acceptors (Lipinski definition) is 4. The van der Waals surface area contributed by atoms with Gasteiger partial charge in [0.2, 0.25) is 15.9 Å². The maximum atomic E-state index is 13.2. The first-order valence-electron chi connectivity index (χ1n) is 11.9. The number of benzene rings is 1. The Morgan fingerprint density at radius 2 is 1.58 bits per heavy atom. The summed E-state index contributed by atoms with van der Waals surface area (Å²) in [5.74, 6) is 1.02. The van der Waals surface area contributed by atoms with Gasteiger partial charge in [0, 0.05) is 44.3 Å². The van der Waals surface area contributed by atoms with Gasteiger partial charge in [-0.3, -0.25) is 4.79 Å². The van der Waals surface area contributed by atoms with Gasteiger partial charge >= 0.3 is 0 Å². The standard InChI is InChI=1S/C24H36N2O4S/c1-18(2)17-19-3-7-23(8-4-19)31(28,29)25-13-9-21(10-14-25)26(24(27)20-5-6-20)22-11-15-30-16-12-22/h3-4,7-8,18,20-22H,5-6,9-17H2,1-2H3. The maximum Gasteiger partial charge on any atom is 0.243 e. The first-order chi connectivity index (χ1) is 14.9. The molecule has 1 saturated carbocycles. The molecule has 1 aromatic rings. The average Bonchev–Trinajstić information content (AvgIpc) is 3.60. The molecule has 0 atom stereocenters. The predicted octanol–water partition coefficient (Wildman–Crippen LogP) is 3.46. The fourth-order valence-corrected chi connectivity index (χ4v) is 6.41. The lowest BCUT2D eigenvalue weighted by Gasteiger charge is -2.43. The molecule has 1 aliphatic carbocycles. The zero-order valence-corrected chi connectivity index (χ0v) is 19.6. The highest BCUT2D eigenvalue weighted by Gasteiger charge is 2.41. The first-order valence-corrected chi connectivity index (χ1v) is 13.3. The van der Waals surface area contributed by atoms with E-state index < -0.39 is 10.0 Å². The molecule has 31 heavy (non-hydrogen) atoms. The molecule has 2 saturated heterocycles. The number of rotatable bonds is 7. The third-order valence-electron chi connectivity index (χ3n) is 6.79. The zero-order chi connectivity index (χ0) is 22.0. The fraction of sp³-hybridized carbons (Fsp3) is 0.708. The van der Waals surface area contributed by atoms with Crippen LogP contribution in [0.4, 0.5) is 0 Å². The van der Waals surface area contributed by atoms with Crippen LogP contribution in [-0.4, -0.2) is 61.9 Å². The van der Waals surface area contributed by atoms with E-state index in [0.717, 1.165) is 32.1 Å². The molecule has 4 rings (SSSR count). The van der Waals surface area contributed by atoms with Gasteiger partial charge in [0.25, 0.3) is 0 Å². The Balaban J connectivity index is 1.42. The molecule has 3 fully saturated rings. The Kier molecular flexibility index (Phi) is 7.04. The Bertz CT molecular complexity index is 850. The van der Waals surface area contributed by atoms with Crippen molar-refractivity contribution in [2.45, 2.75) is 75.8 Å². The fourth-order valence-electron chi connectivity index (χ4n) is 4.94. The van der Waals surface area contributed by atoms with Crippen molar-refractivity contribution in [1.29, 1.82) is 0 Å². The average molecular weight is 449 g/mol. The zero-order valence-electron chi connectivity index (χ0n) is 18.8. The van der Waals surface area contributed by atoms with Crippen molar-refractivity contribution < 1.29 is 17.9 Å². The monoisotopic (exact) mass is 448 g/mol. The molecule has 6 nitrogen and oxygen atoms in total. The van der Waals surface area contributed by atoms with Crippen LogP contribution in [-0.2, 0) is 26.0 Å². The van der Waals surface area contributed by atoms with E-state index in [-0.39, 0.29) is 23.9 Å². The van der Waals surface area contributed by atoms with E-state index in [2.05, 4.69) is 18.7 Å². The van der Waals surface area contributed by atoms with E-state index in [4.69, 9.17) is 4.74 Å². The molecule has 0 spiro atoms. The number of piperidine rings is 1. The molecule has 2 aliphatic heterocycles. The second kappa shape index (κ2) is 9.59. The third-order valence-corrected chi connectivity index (χ3v) is 8.70. The van der Waals surface area contributed by atoms with Crippen LogP contribution in [0.5, 0.6) is 0 Å². The molecule has 172 valence electrons. The van der Waals surface area contributed by atoms with Crippen molar-refractivity contribution in [2.75, 3.05) is 26.3 Å². The Morgan fingerprint density at radius 3 is 2.13 bits per heavy atom. The number of nitrogens with zero attached hydrogens (tertiary/aromatic N) is 2. The second-order valence-corrected chi connectivity index (χ2v) is 11.7. The highest BCUT2D eigenvalue weighted by molar-refractivity contribution is 7.89.